The van der Waals surface area contributed by atoms with E-state index in [1.54, 1.807) is 13.0 Å². The maximum Gasteiger partial charge on any atom is 0.274 e. The topological polar surface area (TPSA) is 80.6 Å². The molecule has 0 aromatic carbocycles. The molecule has 0 fully saturated rings. The summed E-state index contributed by atoms with van der Waals surface area (Å²) in [7, 11) is -3.62. The van der Waals surface area contributed by atoms with Crippen LogP contribution in [-0.4, -0.2) is 34.2 Å². The van der Waals surface area contributed by atoms with Crippen molar-refractivity contribution in [2.75, 3.05) is 19.8 Å². The highest BCUT2D eigenvalue weighted by Crippen LogP contribution is 2.14. The molecule has 0 bridgehead atoms. The zero-order chi connectivity index (χ0) is 14.3. The third kappa shape index (κ3) is 5.32. The monoisotopic (exact) mass is 290 g/mol. The predicted octanol–water partition coefficient (Wildman–Crippen LogP) is 1.09. The minimum absolute atomic E-state index is 0.0660. The van der Waals surface area contributed by atoms with Crippen molar-refractivity contribution in [3.05, 3.63) is 17.9 Å². The normalized spacial score (nSPS) is 13.6. The lowest BCUT2D eigenvalue weighted by atomic mass is 10.4. The van der Waals surface area contributed by atoms with Crippen LogP contribution in [0.3, 0.4) is 0 Å². The third-order valence-electron chi connectivity index (χ3n) is 2.38. The van der Waals surface area contributed by atoms with Crippen molar-refractivity contribution in [3.8, 4) is 0 Å². The summed E-state index contributed by atoms with van der Waals surface area (Å²) in [5.74, 6) is 0.597. The van der Waals surface area contributed by atoms with Crippen LogP contribution in [0.1, 0.15) is 26.5 Å². The summed E-state index contributed by atoms with van der Waals surface area (Å²) in [6.07, 6.45) is 0. The van der Waals surface area contributed by atoms with Gasteiger partial charge in [-0.15, -0.1) is 0 Å². The first-order valence-electron chi connectivity index (χ1n) is 6.39. The number of ether oxygens (including phenoxy) is 1. The van der Waals surface area contributed by atoms with E-state index in [1.165, 1.54) is 6.07 Å². The van der Waals surface area contributed by atoms with E-state index in [1.807, 2.05) is 13.8 Å². The molecular formula is C12H22N2O4S. The first kappa shape index (κ1) is 16.2. The number of nitrogens with one attached hydrogen (secondary N) is 2. The zero-order valence-electron chi connectivity index (χ0n) is 11.6. The van der Waals surface area contributed by atoms with Crippen LogP contribution < -0.4 is 10.0 Å². The predicted molar refractivity (Wildman–Crippen MR) is 72.4 cm³/mol. The van der Waals surface area contributed by atoms with E-state index in [9.17, 15) is 8.42 Å². The Labute approximate surface area is 114 Å². The summed E-state index contributed by atoms with van der Waals surface area (Å²) < 4.78 is 37.0. The minimum atomic E-state index is -3.62. The molecule has 1 heterocycles. The molecule has 1 unspecified atom stereocenters. The molecule has 1 aromatic heterocycles. The summed E-state index contributed by atoms with van der Waals surface area (Å²) in [5.41, 5.74) is 0. The van der Waals surface area contributed by atoms with Crippen molar-refractivity contribution in [2.45, 2.75) is 38.5 Å². The van der Waals surface area contributed by atoms with Crippen LogP contribution in [0, 0.1) is 0 Å². The summed E-state index contributed by atoms with van der Waals surface area (Å²) in [6.45, 7) is 7.78. The summed E-state index contributed by atoms with van der Waals surface area (Å²) in [6, 6.07) is 2.82. The van der Waals surface area contributed by atoms with E-state index < -0.39 is 10.0 Å². The van der Waals surface area contributed by atoms with Gasteiger partial charge in [-0.1, -0.05) is 6.92 Å². The number of hydrogen-bond acceptors (Lipinski definition) is 5. The summed E-state index contributed by atoms with van der Waals surface area (Å²) in [5, 5.41) is 3.00. The molecule has 19 heavy (non-hydrogen) atoms. The molecule has 0 radical (unpaired) electrons. The second-order valence-electron chi connectivity index (χ2n) is 4.18. The van der Waals surface area contributed by atoms with E-state index in [0.717, 1.165) is 6.54 Å². The lowest BCUT2D eigenvalue weighted by molar-refractivity contribution is 0.133. The molecule has 7 heteroatoms. The minimum Gasteiger partial charge on any atom is -0.447 e. The maximum atomic E-state index is 12.0. The van der Waals surface area contributed by atoms with Gasteiger partial charge >= 0.3 is 0 Å². The molecule has 0 spiro atoms. The first-order chi connectivity index (χ1) is 8.99. The molecule has 110 valence electrons. The summed E-state index contributed by atoms with van der Waals surface area (Å²) >= 11 is 0. The Bertz CT molecular complexity index is 470. The van der Waals surface area contributed by atoms with E-state index in [-0.39, 0.29) is 11.1 Å². The Balaban J connectivity index is 2.63. The lowest BCUT2D eigenvalue weighted by Crippen LogP contribution is -2.35. The van der Waals surface area contributed by atoms with Gasteiger partial charge in [-0.25, -0.2) is 13.1 Å². The molecule has 0 amide bonds. The van der Waals surface area contributed by atoms with E-state index in [2.05, 4.69) is 10.0 Å². The van der Waals surface area contributed by atoms with Crippen LogP contribution in [0.4, 0.5) is 0 Å². The molecule has 1 atom stereocenters. The molecule has 0 saturated carbocycles. The second-order valence-corrected chi connectivity index (χ2v) is 5.83. The van der Waals surface area contributed by atoms with Crippen LogP contribution in [-0.2, 0) is 21.3 Å². The van der Waals surface area contributed by atoms with Crippen molar-refractivity contribution in [1.82, 2.24) is 10.0 Å². The molecule has 2 N–H and O–H groups in total. The van der Waals surface area contributed by atoms with Gasteiger partial charge in [0, 0.05) is 12.6 Å². The van der Waals surface area contributed by atoms with Crippen molar-refractivity contribution in [2.24, 2.45) is 0 Å². The van der Waals surface area contributed by atoms with Crippen LogP contribution in [0.2, 0.25) is 0 Å². The van der Waals surface area contributed by atoms with Crippen LogP contribution in [0.5, 0.6) is 0 Å². The molecule has 1 aromatic rings. The Kier molecular flexibility index (Phi) is 6.50. The fourth-order valence-corrected chi connectivity index (χ4v) is 2.68. The SMILES string of the molecule is CCNCc1ccc(S(=O)(=O)NC(C)COCC)o1. The fourth-order valence-electron chi connectivity index (χ4n) is 1.50. The van der Waals surface area contributed by atoms with Gasteiger partial charge in [0.1, 0.15) is 5.76 Å². The van der Waals surface area contributed by atoms with Crippen LogP contribution >= 0.6 is 0 Å². The standard InChI is InChI=1S/C12H22N2O4S/c1-4-13-8-11-6-7-12(18-11)19(15,16)14-10(3)9-17-5-2/h6-7,10,13-14H,4-5,8-9H2,1-3H3. The Morgan fingerprint density at radius 1 is 1.37 bits per heavy atom. The highest BCUT2D eigenvalue weighted by atomic mass is 32.2. The second kappa shape index (κ2) is 7.64. The first-order valence-corrected chi connectivity index (χ1v) is 7.87. The Morgan fingerprint density at radius 2 is 2.11 bits per heavy atom. The number of sulfonamides is 1. The molecular weight excluding hydrogens is 268 g/mol. The van der Waals surface area contributed by atoms with Crippen molar-refractivity contribution >= 4 is 10.0 Å². The number of rotatable bonds is 9. The number of hydrogen-bond donors (Lipinski definition) is 2. The average molecular weight is 290 g/mol. The summed E-state index contributed by atoms with van der Waals surface area (Å²) in [4.78, 5) is 0. The van der Waals surface area contributed by atoms with Crippen molar-refractivity contribution in [1.29, 1.82) is 0 Å². The van der Waals surface area contributed by atoms with E-state index >= 15 is 0 Å². The highest BCUT2D eigenvalue weighted by molar-refractivity contribution is 7.89. The molecule has 1 rings (SSSR count). The average Bonchev–Trinajstić information content (AvgIpc) is 2.83. The molecule has 0 aliphatic carbocycles. The van der Waals surface area contributed by atoms with Gasteiger partial charge in [-0.05, 0) is 32.5 Å². The maximum absolute atomic E-state index is 12.0. The molecule has 0 aliphatic rings. The van der Waals surface area contributed by atoms with E-state index in [4.69, 9.17) is 9.15 Å². The molecule has 6 nitrogen and oxygen atoms in total. The highest BCUT2D eigenvalue weighted by Gasteiger charge is 2.21. The van der Waals surface area contributed by atoms with Gasteiger partial charge < -0.3 is 14.5 Å². The van der Waals surface area contributed by atoms with Gasteiger partial charge in [0.25, 0.3) is 10.0 Å². The van der Waals surface area contributed by atoms with E-state index in [0.29, 0.717) is 25.5 Å². The lowest BCUT2D eigenvalue weighted by Gasteiger charge is -2.12. The largest absolute Gasteiger partial charge is 0.447 e. The Morgan fingerprint density at radius 3 is 2.74 bits per heavy atom. The van der Waals surface area contributed by atoms with Gasteiger partial charge in [-0.3, -0.25) is 0 Å². The number of furan rings is 1. The molecule has 0 aliphatic heterocycles. The molecule has 0 saturated heterocycles. The van der Waals surface area contributed by atoms with Crippen LogP contribution in [0.25, 0.3) is 0 Å². The van der Waals surface area contributed by atoms with Gasteiger partial charge in [0.2, 0.25) is 5.09 Å². The Hall–Kier alpha value is -0.890. The van der Waals surface area contributed by atoms with Crippen LogP contribution in [0.15, 0.2) is 21.6 Å². The smallest absolute Gasteiger partial charge is 0.274 e. The third-order valence-corrected chi connectivity index (χ3v) is 3.84. The van der Waals surface area contributed by atoms with Crippen molar-refractivity contribution in [3.63, 3.8) is 0 Å². The quantitative estimate of drug-likeness (QED) is 0.711. The zero-order valence-corrected chi connectivity index (χ0v) is 12.4. The van der Waals surface area contributed by atoms with Crippen molar-refractivity contribution < 1.29 is 17.6 Å². The van der Waals surface area contributed by atoms with Gasteiger partial charge in [0.15, 0.2) is 0 Å². The van der Waals surface area contributed by atoms with Gasteiger partial charge in [0.05, 0.1) is 13.2 Å². The van der Waals surface area contributed by atoms with Gasteiger partial charge in [-0.2, -0.15) is 0 Å². The fraction of sp³-hybridized carbons (Fsp3) is 0.667.